The van der Waals surface area contributed by atoms with Gasteiger partial charge in [-0.2, -0.15) is 0 Å². The Hall–Kier alpha value is -2.91. The van der Waals surface area contributed by atoms with E-state index < -0.39 is 11.7 Å². The van der Waals surface area contributed by atoms with Gasteiger partial charge in [0.05, 0.1) is 39.6 Å². The molecule has 0 saturated heterocycles. The van der Waals surface area contributed by atoms with Crippen LogP contribution in [0.3, 0.4) is 0 Å². The molecular weight excluding hydrogens is 470 g/mol. The molecule has 0 atom stereocenters. The first-order chi connectivity index (χ1) is 17.9. The SMILES string of the molecule is CC(C)(C)OC(=O)NCCOCCOCCOCCNCc1cccc2c1ccn2Cc1ccccc1. The van der Waals surface area contributed by atoms with Crippen molar-refractivity contribution in [1.29, 1.82) is 0 Å². The largest absolute Gasteiger partial charge is 0.444 e. The van der Waals surface area contributed by atoms with Crippen LogP contribution >= 0.6 is 0 Å². The van der Waals surface area contributed by atoms with Crippen LogP contribution in [0.25, 0.3) is 10.9 Å². The van der Waals surface area contributed by atoms with Crippen molar-refractivity contribution in [2.45, 2.75) is 39.5 Å². The minimum atomic E-state index is -0.498. The molecule has 0 aliphatic carbocycles. The molecule has 0 spiro atoms. The van der Waals surface area contributed by atoms with E-state index >= 15 is 0 Å². The number of hydrogen-bond donors (Lipinski definition) is 2. The Kier molecular flexibility index (Phi) is 11.9. The van der Waals surface area contributed by atoms with Crippen molar-refractivity contribution >= 4 is 17.0 Å². The van der Waals surface area contributed by atoms with Gasteiger partial charge in [-0.1, -0.05) is 42.5 Å². The van der Waals surface area contributed by atoms with E-state index in [-0.39, 0.29) is 0 Å². The number of carbonyl (C=O) groups excluding carboxylic acids is 1. The zero-order chi connectivity index (χ0) is 26.3. The van der Waals surface area contributed by atoms with Crippen LogP contribution in [0, 0.1) is 0 Å². The van der Waals surface area contributed by atoms with Crippen LogP contribution in [0.4, 0.5) is 4.79 Å². The van der Waals surface area contributed by atoms with E-state index in [9.17, 15) is 4.79 Å². The summed E-state index contributed by atoms with van der Waals surface area (Å²) in [5.41, 5.74) is 3.33. The number of nitrogens with one attached hydrogen (secondary N) is 2. The summed E-state index contributed by atoms with van der Waals surface area (Å²) in [7, 11) is 0. The number of aromatic nitrogens is 1. The number of benzene rings is 2. The average molecular weight is 512 g/mol. The van der Waals surface area contributed by atoms with Gasteiger partial charge < -0.3 is 34.1 Å². The molecule has 3 aromatic rings. The van der Waals surface area contributed by atoms with Crippen molar-refractivity contribution in [3.8, 4) is 0 Å². The summed E-state index contributed by atoms with van der Waals surface area (Å²) in [4.78, 5) is 11.5. The summed E-state index contributed by atoms with van der Waals surface area (Å²) in [6.45, 7) is 11.4. The molecule has 0 aliphatic rings. The minimum Gasteiger partial charge on any atom is -0.444 e. The molecule has 8 nitrogen and oxygen atoms in total. The number of hydrogen-bond acceptors (Lipinski definition) is 6. The lowest BCUT2D eigenvalue weighted by atomic mass is 10.1. The van der Waals surface area contributed by atoms with E-state index in [1.165, 1.54) is 22.0 Å². The zero-order valence-electron chi connectivity index (χ0n) is 22.3. The smallest absolute Gasteiger partial charge is 0.407 e. The summed E-state index contributed by atoms with van der Waals surface area (Å²) in [6.07, 6.45) is 1.73. The molecule has 2 N–H and O–H groups in total. The molecule has 0 fully saturated rings. The third-order valence-corrected chi connectivity index (χ3v) is 5.50. The van der Waals surface area contributed by atoms with Gasteiger partial charge in [0.1, 0.15) is 5.60 Å². The van der Waals surface area contributed by atoms with Gasteiger partial charge in [0.2, 0.25) is 0 Å². The maximum absolute atomic E-state index is 11.5. The standard InChI is InChI=1S/C29H41N3O5/c1-29(2,3)37-28(33)31-14-17-35-19-21-36-20-18-34-16-13-30-22-25-10-7-11-27-26(25)12-15-32(27)23-24-8-5-4-6-9-24/h4-12,15,30H,13-14,16-23H2,1-3H3,(H,31,33). The number of ether oxygens (including phenoxy) is 4. The first-order valence-electron chi connectivity index (χ1n) is 12.9. The van der Waals surface area contributed by atoms with E-state index in [0.717, 1.165) is 19.6 Å². The predicted molar refractivity (Wildman–Crippen MR) is 146 cm³/mol. The maximum atomic E-state index is 11.5. The Bertz CT molecular complexity index is 1060. The van der Waals surface area contributed by atoms with Crippen LogP contribution in [-0.4, -0.2) is 69.0 Å². The number of rotatable bonds is 16. The van der Waals surface area contributed by atoms with Crippen molar-refractivity contribution in [2.24, 2.45) is 0 Å². The molecule has 3 rings (SSSR count). The lowest BCUT2D eigenvalue weighted by Crippen LogP contribution is -2.34. The second-order valence-electron chi connectivity index (χ2n) is 9.72. The zero-order valence-corrected chi connectivity index (χ0v) is 22.3. The van der Waals surface area contributed by atoms with Gasteiger partial charge in [-0.25, -0.2) is 4.79 Å². The summed E-state index contributed by atoms with van der Waals surface area (Å²) >= 11 is 0. The molecule has 37 heavy (non-hydrogen) atoms. The van der Waals surface area contributed by atoms with Crippen molar-refractivity contribution < 1.29 is 23.7 Å². The minimum absolute atomic E-state index is 0.402. The average Bonchev–Trinajstić information content (AvgIpc) is 3.27. The monoisotopic (exact) mass is 511 g/mol. The molecule has 1 amide bonds. The number of carbonyl (C=O) groups is 1. The van der Waals surface area contributed by atoms with Gasteiger partial charge in [0.15, 0.2) is 0 Å². The fourth-order valence-electron chi connectivity index (χ4n) is 3.81. The number of amides is 1. The van der Waals surface area contributed by atoms with E-state index in [1.807, 2.05) is 26.8 Å². The highest BCUT2D eigenvalue weighted by atomic mass is 16.6. The van der Waals surface area contributed by atoms with Gasteiger partial charge in [-0.15, -0.1) is 0 Å². The van der Waals surface area contributed by atoms with Crippen LogP contribution in [0.2, 0.25) is 0 Å². The molecule has 0 unspecified atom stereocenters. The first kappa shape index (κ1) is 28.7. The summed E-state index contributed by atoms with van der Waals surface area (Å²) < 4.78 is 24.0. The Morgan fingerprint density at radius 3 is 2.19 bits per heavy atom. The Morgan fingerprint density at radius 2 is 1.49 bits per heavy atom. The van der Waals surface area contributed by atoms with Gasteiger partial charge >= 0.3 is 6.09 Å². The molecule has 8 heteroatoms. The third-order valence-electron chi connectivity index (χ3n) is 5.50. The summed E-state index contributed by atoms with van der Waals surface area (Å²) in [6, 6.07) is 19.2. The van der Waals surface area contributed by atoms with Crippen molar-refractivity contribution in [2.75, 3.05) is 52.7 Å². The van der Waals surface area contributed by atoms with Crippen molar-refractivity contribution in [3.05, 3.63) is 71.9 Å². The number of alkyl carbamates (subject to hydrolysis) is 1. The maximum Gasteiger partial charge on any atom is 0.407 e. The van der Waals surface area contributed by atoms with Crippen molar-refractivity contribution in [1.82, 2.24) is 15.2 Å². The quantitative estimate of drug-likeness (QED) is 0.278. The molecule has 0 aliphatic heterocycles. The topological polar surface area (TPSA) is 83.0 Å². The van der Waals surface area contributed by atoms with E-state index in [2.05, 4.69) is 69.9 Å². The number of fused-ring (bicyclic) bond motifs is 1. The van der Waals surface area contributed by atoms with Crippen LogP contribution in [-0.2, 0) is 32.0 Å². The second kappa shape index (κ2) is 15.4. The van der Waals surface area contributed by atoms with Crippen LogP contribution in [0.1, 0.15) is 31.9 Å². The number of nitrogens with zero attached hydrogens (tertiary/aromatic N) is 1. The van der Waals surface area contributed by atoms with Crippen LogP contribution < -0.4 is 10.6 Å². The van der Waals surface area contributed by atoms with Gasteiger partial charge in [-0.05, 0) is 44.0 Å². The van der Waals surface area contributed by atoms with E-state index in [0.29, 0.717) is 46.2 Å². The van der Waals surface area contributed by atoms with E-state index in [1.54, 1.807) is 0 Å². The van der Waals surface area contributed by atoms with Gasteiger partial charge in [-0.3, -0.25) is 0 Å². The van der Waals surface area contributed by atoms with Gasteiger partial charge in [0.25, 0.3) is 0 Å². The molecule has 1 heterocycles. The fraction of sp³-hybridized carbons (Fsp3) is 0.483. The Labute approximate surface area is 220 Å². The highest BCUT2D eigenvalue weighted by molar-refractivity contribution is 5.83. The molecule has 0 radical (unpaired) electrons. The molecular formula is C29H41N3O5. The predicted octanol–water partition coefficient (Wildman–Crippen LogP) is 4.35. The summed E-state index contributed by atoms with van der Waals surface area (Å²) in [5.74, 6) is 0. The van der Waals surface area contributed by atoms with Crippen LogP contribution in [0.5, 0.6) is 0 Å². The highest BCUT2D eigenvalue weighted by Gasteiger charge is 2.15. The third kappa shape index (κ3) is 10.9. The fourth-order valence-corrected chi connectivity index (χ4v) is 3.81. The second-order valence-corrected chi connectivity index (χ2v) is 9.72. The lowest BCUT2D eigenvalue weighted by Gasteiger charge is -2.19. The van der Waals surface area contributed by atoms with Crippen LogP contribution in [0.15, 0.2) is 60.8 Å². The van der Waals surface area contributed by atoms with E-state index in [4.69, 9.17) is 18.9 Å². The highest BCUT2D eigenvalue weighted by Crippen LogP contribution is 2.21. The molecule has 0 bridgehead atoms. The molecule has 0 saturated carbocycles. The lowest BCUT2D eigenvalue weighted by molar-refractivity contribution is 0.0145. The van der Waals surface area contributed by atoms with Crippen molar-refractivity contribution in [3.63, 3.8) is 0 Å². The molecule has 202 valence electrons. The normalized spacial score (nSPS) is 11.6. The summed E-state index contributed by atoms with van der Waals surface area (Å²) in [5, 5.41) is 7.40. The molecule has 1 aromatic heterocycles. The Morgan fingerprint density at radius 1 is 0.811 bits per heavy atom. The molecule has 2 aromatic carbocycles. The van der Waals surface area contributed by atoms with Gasteiger partial charge in [0, 0.05) is 43.3 Å². The first-order valence-corrected chi connectivity index (χ1v) is 12.9. The Balaban J connectivity index is 1.19.